The van der Waals surface area contributed by atoms with Crippen molar-refractivity contribution < 1.29 is 9.53 Å². The molecular weight excluding hydrogens is 406 g/mol. The molecular formula is C21H28BrN3O2. The van der Waals surface area contributed by atoms with Crippen LogP contribution in [0.4, 0.5) is 4.79 Å². The van der Waals surface area contributed by atoms with Crippen LogP contribution in [-0.4, -0.2) is 39.2 Å². The molecule has 3 heterocycles. The first-order valence-corrected chi connectivity index (χ1v) is 10.6. The van der Waals surface area contributed by atoms with Gasteiger partial charge in [0, 0.05) is 41.4 Å². The third kappa shape index (κ3) is 3.60. The highest BCUT2D eigenvalue weighted by Crippen LogP contribution is 2.55. The minimum absolute atomic E-state index is 0.171. The summed E-state index contributed by atoms with van der Waals surface area (Å²) in [5.41, 5.74) is 2.31. The van der Waals surface area contributed by atoms with Gasteiger partial charge in [0.15, 0.2) is 0 Å². The van der Waals surface area contributed by atoms with Gasteiger partial charge in [-0.2, -0.15) is 0 Å². The number of piperidine rings is 1. The first kappa shape index (κ1) is 18.8. The number of fused-ring (bicyclic) bond motifs is 1. The number of amides is 1. The van der Waals surface area contributed by atoms with Crippen LogP contribution < -0.4 is 0 Å². The van der Waals surface area contributed by atoms with E-state index >= 15 is 0 Å². The summed E-state index contributed by atoms with van der Waals surface area (Å²) in [5, 5.41) is 1.23. The predicted octanol–water partition coefficient (Wildman–Crippen LogP) is 5.46. The van der Waals surface area contributed by atoms with Gasteiger partial charge in [-0.1, -0.05) is 0 Å². The van der Waals surface area contributed by atoms with Crippen molar-refractivity contribution in [3.63, 3.8) is 0 Å². The van der Waals surface area contributed by atoms with Crippen LogP contribution in [0.1, 0.15) is 58.1 Å². The van der Waals surface area contributed by atoms with Crippen LogP contribution in [-0.2, 0) is 4.74 Å². The van der Waals surface area contributed by atoms with Gasteiger partial charge in [0.05, 0.1) is 0 Å². The normalized spacial score (nSPS) is 20.1. The van der Waals surface area contributed by atoms with Crippen molar-refractivity contribution in [2.75, 3.05) is 13.1 Å². The predicted molar refractivity (Wildman–Crippen MR) is 110 cm³/mol. The Bertz CT molecular complexity index is 867. The molecule has 146 valence electrons. The quantitative estimate of drug-likeness (QED) is 0.599. The zero-order valence-corrected chi connectivity index (χ0v) is 18.2. The number of likely N-dealkylation sites (tertiary alicyclic amines) is 1. The number of carbonyl (C=O) groups is 1. The average molecular weight is 434 g/mol. The van der Waals surface area contributed by atoms with Gasteiger partial charge < -0.3 is 14.2 Å². The van der Waals surface area contributed by atoms with Crippen molar-refractivity contribution in [3.05, 3.63) is 28.5 Å². The molecule has 5 nitrogen and oxygen atoms in total. The molecule has 0 atom stereocenters. The van der Waals surface area contributed by atoms with Crippen molar-refractivity contribution in [2.45, 2.75) is 65.0 Å². The zero-order valence-electron chi connectivity index (χ0n) is 16.6. The highest BCUT2D eigenvalue weighted by Gasteiger charge is 2.47. The first-order chi connectivity index (χ1) is 12.7. The van der Waals surface area contributed by atoms with Crippen LogP contribution >= 0.6 is 15.9 Å². The molecule has 0 N–H and O–H groups in total. The van der Waals surface area contributed by atoms with Crippen molar-refractivity contribution >= 4 is 33.1 Å². The van der Waals surface area contributed by atoms with Crippen LogP contribution in [0.15, 0.2) is 22.9 Å². The molecule has 1 spiro atoms. The van der Waals surface area contributed by atoms with E-state index in [0.717, 1.165) is 36.1 Å². The van der Waals surface area contributed by atoms with Gasteiger partial charge in [0.1, 0.15) is 11.2 Å². The Morgan fingerprint density at radius 3 is 2.59 bits per heavy atom. The van der Waals surface area contributed by atoms with Crippen molar-refractivity contribution in [2.24, 2.45) is 5.41 Å². The van der Waals surface area contributed by atoms with Gasteiger partial charge in [0.25, 0.3) is 0 Å². The molecule has 0 aromatic carbocycles. The second-order valence-corrected chi connectivity index (χ2v) is 10.2. The molecule has 2 aromatic heterocycles. The van der Waals surface area contributed by atoms with E-state index in [1.165, 1.54) is 23.8 Å². The summed E-state index contributed by atoms with van der Waals surface area (Å²) in [5.74, 6) is 0. The number of ether oxygens (including phenoxy) is 1. The van der Waals surface area contributed by atoms with Crippen molar-refractivity contribution in [1.82, 2.24) is 14.5 Å². The summed E-state index contributed by atoms with van der Waals surface area (Å²) in [6, 6.07) is 2.67. The molecule has 1 saturated carbocycles. The molecule has 1 saturated heterocycles. The van der Waals surface area contributed by atoms with E-state index in [0.29, 0.717) is 11.5 Å². The van der Waals surface area contributed by atoms with E-state index in [9.17, 15) is 4.79 Å². The molecule has 0 radical (unpaired) electrons. The van der Waals surface area contributed by atoms with Gasteiger partial charge in [0.2, 0.25) is 0 Å². The summed E-state index contributed by atoms with van der Waals surface area (Å²) in [6.45, 7) is 9.52. The molecule has 6 heteroatoms. The third-order valence-electron chi connectivity index (χ3n) is 6.04. The van der Waals surface area contributed by atoms with Crippen molar-refractivity contribution in [3.8, 4) is 0 Å². The maximum Gasteiger partial charge on any atom is 0.410 e. The number of halogens is 1. The molecule has 2 fully saturated rings. The highest BCUT2D eigenvalue weighted by atomic mass is 79.9. The van der Waals surface area contributed by atoms with Crippen LogP contribution in [0.2, 0.25) is 0 Å². The van der Waals surface area contributed by atoms with Gasteiger partial charge in [-0.25, -0.2) is 9.78 Å². The van der Waals surface area contributed by atoms with E-state index in [-0.39, 0.29) is 6.09 Å². The number of carbonyl (C=O) groups excluding carboxylic acids is 1. The fourth-order valence-corrected chi connectivity index (χ4v) is 4.91. The molecule has 2 aliphatic rings. The second kappa shape index (κ2) is 6.50. The standard InChI is InChI=1S/C21H28BrN3O2/c1-14-13-25(18-17(14)9-15(22)12-23-18)16-10-21(11-16)5-7-24(8-6-21)19(26)27-20(2,3)4/h9,12-13,16H,5-8,10-11H2,1-4H3. The number of hydrogen-bond donors (Lipinski definition) is 0. The van der Waals surface area contributed by atoms with Crippen molar-refractivity contribution in [1.29, 1.82) is 0 Å². The van der Waals surface area contributed by atoms with E-state index in [1.54, 1.807) is 0 Å². The lowest BCUT2D eigenvalue weighted by Gasteiger charge is -2.52. The summed E-state index contributed by atoms with van der Waals surface area (Å²) in [6.07, 6.45) is 8.45. The second-order valence-electron chi connectivity index (χ2n) is 9.27. The van der Waals surface area contributed by atoms with Gasteiger partial charge in [-0.3, -0.25) is 0 Å². The Hall–Kier alpha value is -1.56. The molecule has 4 rings (SSSR count). The molecule has 27 heavy (non-hydrogen) atoms. The van der Waals surface area contributed by atoms with Crippen LogP contribution in [0.25, 0.3) is 11.0 Å². The van der Waals surface area contributed by atoms with Gasteiger partial charge in [-0.15, -0.1) is 0 Å². The molecule has 1 aliphatic heterocycles. The molecule has 0 unspecified atom stereocenters. The summed E-state index contributed by atoms with van der Waals surface area (Å²) >= 11 is 3.52. The largest absolute Gasteiger partial charge is 0.444 e. The number of aryl methyl sites for hydroxylation is 1. The van der Waals surface area contributed by atoms with Crippen LogP contribution in [0.3, 0.4) is 0 Å². The fourth-order valence-electron chi connectivity index (χ4n) is 4.58. The van der Waals surface area contributed by atoms with E-state index < -0.39 is 5.60 Å². The Kier molecular flexibility index (Phi) is 4.53. The Labute approximate surface area is 169 Å². The number of rotatable bonds is 1. The maximum absolute atomic E-state index is 12.3. The minimum Gasteiger partial charge on any atom is -0.444 e. The van der Waals surface area contributed by atoms with Gasteiger partial charge >= 0.3 is 6.09 Å². The summed E-state index contributed by atoms with van der Waals surface area (Å²) in [7, 11) is 0. The molecule has 1 aliphatic carbocycles. The Morgan fingerprint density at radius 2 is 1.96 bits per heavy atom. The molecule has 2 aromatic rings. The van der Waals surface area contributed by atoms with Gasteiger partial charge in [-0.05, 0) is 86.4 Å². The average Bonchev–Trinajstić information content (AvgIpc) is 2.87. The number of hydrogen-bond acceptors (Lipinski definition) is 3. The monoisotopic (exact) mass is 433 g/mol. The van der Waals surface area contributed by atoms with Crippen LogP contribution in [0.5, 0.6) is 0 Å². The highest BCUT2D eigenvalue weighted by molar-refractivity contribution is 9.10. The lowest BCUT2D eigenvalue weighted by Crippen LogP contribution is -2.50. The van der Waals surface area contributed by atoms with E-state index in [1.807, 2.05) is 31.9 Å². The number of nitrogens with zero attached hydrogens (tertiary/aromatic N) is 3. The zero-order chi connectivity index (χ0) is 19.4. The third-order valence-corrected chi connectivity index (χ3v) is 6.48. The number of aromatic nitrogens is 2. The maximum atomic E-state index is 12.3. The number of pyridine rings is 1. The summed E-state index contributed by atoms with van der Waals surface area (Å²) < 4.78 is 8.91. The van der Waals surface area contributed by atoms with Crippen LogP contribution in [0, 0.1) is 12.3 Å². The Balaban J connectivity index is 1.40. The molecule has 0 bridgehead atoms. The summed E-state index contributed by atoms with van der Waals surface area (Å²) in [4.78, 5) is 18.8. The van der Waals surface area contributed by atoms with E-state index in [2.05, 4.69) is 44.7 Å². The SMILES string of the molecule is Cc1cn(C2CC3(CCN(C(=O)OC(C)(C)C)CC3)C2)c2ncc(Br)cc12. The lowest BCUT2D eigenvalue weighted by molar-refractivity contribution is -0.0226. The Morgan fingerprint density at radius 1 is 1.30 bits per heavy atom. The topological polar surface area (TPSA) is 47.4 Å². The lowest BCUT2D eigenvalue weighted by atomic mass is 9.60. The fraction of sp³-hybridized carbons (Fsp3) is 0.619. The molecule has 1 amide bonds. The first-order valence-electron chi connectivity index (χ1n) is 9.76. The van der Waals surface area contributed by atoms with E-state index in [4.69, 9.17) is 4.74 Å². The minimum atomic E-state index is -0.427. The smallest absolute Gasteiger partial charge is 0.410 e.